The number of pyridine rings is 1. The number of halogens is 1. The third-order valence-corrected chi connectivity index (χ3v) is 5.65. The summed E-state index contributed by atoms with van der Waals surface area (Å²) >= 11 is 7.14. The van der Waals surface area contributed by atoms with Gasteiger partial charge in [0.15, 0.2) is 0 Å². The van der Waals surface area contributed by atoms with Gasteiger partial charge in [0.25, 0.3) is 5.91 Å². The van der Waals surface area contributed by atoms with Gasteiger partial charge >= 0.3 is 5.97 Å². The number of nitrogens with one attached hydrogen (secondary N) is 1. The summed E-state index contributed by atoms with van der Waals surface area (Å²) in [7, 11) is 0. The van der Waals surface area contributed by atoms with Crippen molar-refractivity contribution < 1.29 is 14.3 Å². The van der Waals surface area contributed by atoms with E-state index in [1.807, 2.05) is 30.3 Å². The number of benzene rings is 1. The summed E-state index contributed by atoms with van der Waals surface area (Å²) in [6.45, 7) is 4.06. The molecule has 7 heteroatoms. The molecule has 28 heavy (non-hydrogen) atoms. The fraction of sp³-hybridized carbons (Fsp3) is 0.190. The minimum Gasteiger partial charge on any atom is -0.462 e. The van der Waals surface area contributed by atoms with E-state index in [9.17, 15) is 9.59 Å². The van der Waals surface area contributed by atoms with Crippen LogP contribution in [0.25, 0.3) is 0 Å². The van der Waals surface area contributed by atoms with Crippen LogP contribution in [0.5, 0.6) is 0 Å². The number of hydrogen-bond donors (Lipinski definition) is 1. The highest BCUT2D eigenvalue weighted by Crippen LogP contribution is 2.36. The number of esters is 1. The molecule has 0 unspecified atom stereocenters. The summed E-state index contributed by atoms with van der Waals surface area (Å²) in [6, 6.07) is 14.9. The molecule has 2 aromatic heterocycles. The number of nitrogens with zero attached hydrogens (tertiary/aromatic N) is 1. The Morgan fingerprint density at radius 1 is 1.21 bits per heavy atom. The zero-order chi connectivity index (χ0) is 20.1. The van der Waals surface area contributed by atoms with Gasteiger partial charge in [0.1, 0.15) is 10.2 Å². The first-order valence-corrected chi connectivity index (χ1v) is 9.97. The number of anilines is 1. The normalized spacial score (nSPS) is 11.7. The summed E-state index contributed by atoms with van der Waals surface area (Å²) in [5, 5.41) is 3.57. The second-order valence-electron chi connectivity index (χ2n) is 6.07. The molecule has 0 aliphatic rings. The number of thiophene rings is 1. The van der Waals surface area contributed by atoms with Gasteiger partial charge < -0.3 is 10.1 Å². The monoisotopic (exact) mass is 414 g/mol. The Morgan fingerprint density at radius 3 is 2.61 bits per heavy atom. The maximum Gasteiger partial charge on any atom is 0.341 e. The molecule has 0 bridgehead atoms. The Bertz CT molecular complexity index is 971. The SMILES string of the molecule is CCOC(=O)c1cc([C@@H](C)c2ccccc2)sc1NC(=O)c1ccc(Cl)nc1. The highest BCUT2D eigenvalue weighted by molar-refractivity contribution is 7.16. The predicted octanol–water partition coefficient (Wildman–Crippen LogP) is 5.38. The molecule has 0 fully saturated rings. The molecule has 1 atom stereocenters. The van der Waals surface area contributed by atoms with E-state index in [4.69, 9.17) is 16.3 Å². The number of carbonyl (C=O) groups excluding carboxylic acids is 2. The van der Waals surface area contributed by atoms with E-state index >= 15 is 0 Å². The minimum atomic E-state index is -0.463. The van der Waals surface area contributed by atoms with Gasteiger partial charge in [-0.05, 0) is 30.7 Å². The van der Waals surface area contributed by atoms with Gasteiger partial charge in [0.2, 0.25) is 0 Å². The van der Waals surface area contributed by atoms with Gasteiger partial charge in [-0.2, -0.15) is 0 Å². The van der Waals surface area contributed by atoms with Crippen LogP contribution < -0.4 is 5.32 Å². The van der Waals surface area contributed by atoms with Crippen molar-refractivity contribution in [2.45, 2.75) is 19.8 Å². The first-order chi connectivity index (χ1) is 13.5. The van der Waals surface area contributed by atoms with E-state index in [1.54, 1.807) is 25.1 Å². The molecule has 1 amide bonds. The zero-order valence-electron chi connectivity index (χ0n) is 15.4. The maximum absolute atomic E-state index is 12.6. The van der Waals surface area contributed by atoms with E-state index in [0.717, 1.165) is 10.4 Å². The molecule has 0 radical (unpaired) electrons. The van der Waals surface area contributed by atoms with Crippen molar-refractivity contribution in [2.75, 3.05) is 11.9 Å². The Balaban J connectivity index is 1.92. The van der Waals surface area contributed by atoms with Crippen molar-refractivity contribution in [2.24, 2.45) is 0 Å². The van der Waals surface area contributed by atoms with Crippen LogP contribution in [0.2, 0.25) is 5.15 Å². The maximum atomic E-state index is 12.6. The number of carbonyl (C=O) groups is 2. The molecule has 144 valence electrons. The summed E-state index contributed by atoms with van der Waals surface area (Å²) < 4.78 is 5.16. The molecule has 5 nitrogen and oxygen atoms in total. The third kappa shape index (κ3) is 4.58. The molecule has 3 aromatic rings. The molecular formula is C21H19ClN2O3S. The zero-order valence-corrected chi connectivity index (χ0v) is 17.0. The van der Waals surface area contributed by atoms with Gasteiger partial charge in [-0.15, -0.1) is 11.3 Å². The van der Waals surface area contributed by atoms with Crippen LogP contribution >= 0.6 is 22.9 Å². The molecule has 3 rings (SSSR count). The van der Waals surface area contributed by atoms with E-state index in [0.29, 0.717) is 21.3 Å². The molecule has 0 spiro atoms. The molecule has 0 aliphatic heterocycles. The number of ether oxygens (including phenoxy) is 1. The van der Waals surface area contributed by atoms with E-state index in [-0.39, 0.29) is 18.4 Å². The molecule has 0 aliphatic carbocycles. The van der Waals surface area contributed by atoms with Crippen molar-refractivity contribution in [3.63, 3.8) is 0 Å². The average Bonchev–Trinajstić information content (AvgIpc) is 3.12. The summed E-state index contributed by atoms with van der Waals surface area (Å²) in [4.78, 5) is 29.8. The topological polar surface area (TPSA) is 68.3 Å². The van der Waals surface area contributed by atoms with Crippen LogP contribution in [-0.2, 0) is 4.74 Å². The van der Waals surface area contributed by atoms with Gasteiger partial charge in [0, 0.05) is 17.0 Å². The van der Waals surface area contributed by atoms with Crippen molar-refractivity contribution in [1.29, 1.82) is 0 Å². The summed E-state index contributed by atoms with van der Waals surface area (Å²) in [5.74, 6) is -0.757. The number of amides is 1. The lowest BCUT2D eigenvalue weighted by Crippen LogP contribution is -2.14. The van der Waals surface area contributed by atoms with Gasteiger partial charge in [0.05, 0.1) is 17.7 Å². The van der Waals surface area contributed by atoms with Crippen LogP contribution in [0.4, 0.5) is 5.00 Å². The molecule has 1 aromatic carbocycles. The largest absolute Gasteiger partial charge is 0.462 e. The minimum absolute atomic E-state index is 0.0715. The lowest BCUT2D eigenvalue weighted by atomic mass is 9.99. The van der Waals surface area contributed by atoms with Gasteiger partial charge in [-0.3, -0.25) is 4.79 Å². The quantitative estimate of drug-likeness (QED) is 0.434. The van der Waals surface area contributed by atoms with E-state index < -0.39 is 5.97 Å². The first kappa shape index (κ1) is 20.0. The highest BCUT2D eigenvalue weighted by Gasteiger charge is 2.22. The van der Waals surface area contributed by atoms with Crippen LogP contribution in [0, 0.1) is 0 Å². The second kappa shape index (κ2) is 8.99. The molecule has 1 N–H and O–H groups in total. The van der Waals surface area contributed by atoms with Crippen molar-refractivity contribution in [1.82, 2.24) is 4.98 Å². The number of hydrogen-bond acceptors (Lipinski definition) is 5. The van der Waals surface area contributed by atoms with E-state index in [1.165, 1.54) is 17.5 Å². The number of rotatable bonds is 6. The summed E-state index contributed by atoms with van der Waals surface area (Å²) in [5.41, 5.74) is 1.82. The van der Waals surface area contributed by atoms with Crippen molar-refractivity contribution in [3.8, 4) is 0 Å². The van der Waals surface area contributed by atoms with Gasteiger partial charge in [-0.1, -0.05) is 48.9 Å². The van der Waals surface area contributed by atoms with Crippen molar-refractivity contribution >= 4 is 39.8 Å². The first-order valence-electron chi connectivity index (χ1n) is 8.78. The fourth-order valence-electron chi connectivity index (χ4n) is 2.67. The second-order valence-corrected chi connectivity index (χ2v) is 7.54. The molecule has 0 saturated heterocycles. The Morgan fingerprint density at radius 2 is 1.96 bits per heavy atom. The molecule has 2 heterocycles. The van der Waals surface area contributed by atoms with Crippen LogP contribution in [0.15, 0.2) is 54.7 Å². The predicted molar refractivity (Wildman–Crippen MR) is 111 cm³/mol. The Hall–Kier alpha value is -2.70. The number of aromatic nitrogens is 1. The smallest absolute Gasteiger partial charge is 0.341 e. The van der Waals surface area contributed by atoms with Crippen molar-refractivity contribution in [3.05, 3.63) is 81.4 Å². The molecule has 0 saturated carbocycles. The molecular weight excluding hydrogens is 396 g/mol. The standard InChI is InChI=1S/C21H19ClN2O3S/c1-3-27-21(26)16-11-17(13(2)14-7-5-4-6-8-14)28-20(16)24-19(25)15-9-10-18(22)23-12-15/h4-13H,3H2,1-2H3,(H,24,25)/t13-/m0/s1. The lowest BCUT2D eigenvalue weighted by molar-refractivity contribution is 0.0528. The van der Waals surface area contributed by atoms with Crippen LogP contribution in [0.3, 0.4) is 0 Å². The Kier molecular flexibility index (Phi) is 6.44. The van der Waals surface area contributed by atoms with E-state index in [2.05, 4.69) is 17.2 Å². The third-order valence-electron chi connectivity index (χ3n) is 4.19. The highest BCUT2D eigenvalue weighted by atomic mass is 35.5. The Labute approximate surface area is 172 Å². The average molecular weight is 415 g/mol. The lowest BCUT2D eigenvalue weighted by Gasteiger charge is -2.09. The van der Waals surface area contributed by atoms with Crippen LogP contribution in [-0.4, -0.2) is 23.5 Å². The van der Waals surface area contributed by atoms with Crippen LogP contribution in [0.1, 0.15) is 50.9 Å². The summed E-state index contributed by atoms with van der Waals surface area (Å²) in [6.07, 6.45) is 1.39. The van der Waals surface area contributed by atoms with Gasteiger partial charge in [-0.25, -0.2) is 9.78 Å². The fourth-order valence-corrected chi connectivity index (χ4v) is 3.90.